The highest BCUT2D eigenvalue weighted by atomic mass is 16.3. The average molecular weight is 342 g/mol. The monoisotopic (exact) mass is 342 g/mol. The van der Waals surface area contributed by atoms with E-state index in [0.29, 0.717) is 12.0 Å². The fourth-order valence-electron chi connectivity index (χ4n) is 6.36. The number of aliphatic hydroxyl groups excluding tert-OH is 1. The highest BCUT2D eigenvalue weighted by Gasteiger charge is 2.65. The van der Waals surface area contributed by atoms with Crippen LogP contribution in [0.2, 0.25) is 0 Å². The second kappa shape index (κ2) is 4.94. The molecule has 0 aromatic rings. The number of rotatable bonds is 1. The van der Waals surface area contributed by atoms with Gasteiger partial charge in [0.15, 0.2) is 11.6 Å². The molecule has 0 radical (unpaired) electrons. The van der Waals surface area contributed by atoms with Gasteiger partial charge in [0.1, 0.15) is 11.4 Å². The summed E-state index contributed by atoms with van der Waals surface area (Å²) in [5, 5.41) is 21.8. The molecule has 4 rings (SSSR count). The van der Waals surface area contributed by atoms with Crippen molar-refractivity contribution in [2.75, 3.05) is 0 Å². The van der Waals surface area contributed by atoms with E-state index in [1.807, 2.05) is 19.1 Å². The van der Waals surface area contributed by atoms with E-state index < -0.39 is 11.0 Å². The lowest BCUT2D eigenvalue weighted by Crippen LogP contribution is -2.56. The molecule has 2 N–H and O–H groups in total. The highest BCUT2D eigenvalue weighted by molar-refractivity contribution is 6.01. The first-order chi connectivity index (χ1) is 11.6. The Balaban J connectivity index is 1.81. The van der Waals surface area contributed by atoms with Crippen LogP contribution in [0.1, 0.15) is 46.5 Å². The Bertz CT molecular complexity index is 760. The van der Waals surface area contributed by atoms with Crippen molar-refractivity contribution >= 4 is 11.6 Å². The van der Waals surface area contributed by atoms with Gasteiger partial charge in [-0.1, -0.05) is 19.9 Å². The number of hydrogen-bond acceptors (Lipinski definition) is 4. The first kappa shape index (κ1) is 16.8. The smallest absolute Gasteiger partial charge is 0.178 e. The number of ketones is 2. The predicted octanol–water partition coefficient (Wildman–Crippen LogP) is 3.28. The van der Waals surface area contributed by atoms with E-state index in [2.05, 4.69) is 6.92 Å². The van der Waals surface area contributed by atoms with E-state index in [0.717, 1.165) is 19.3 Å². The third kappa shape index (κ3) is 1.92. The molecule has 134 valence electrons. The van der Waals surface area contributed by atoms with Crippen molar-refractivity contribution < 1.29 is 19.8 Å². The van der Waals surface area contributed by atoms with E-state index >= 15 is 0 Å². The van der Waals surface area contributed by atoms with Crippen LogP contribution >= 0.6 is 0 Å². The fourth-order valence-corrected chi connectivity index (χ4v) is 6.36. The summed E-state index contributed by atoms with van der Waals surface area (Å²) in [4.78, 5) is 24.0. The average Bonchev–Trinajstić information content (AvgIpc) is 2.83. The van der Waals surface area contributed by atoms with Gasteiger partial charge in [0.05, 0.1) is 0 Å². The molecule has 0 heterocycles. The van der Waals surface area contributed by atoms with Gasteiger partial charge in [0, 0.05) is 16.4 Å². The molecule has 4 nitrogen and oxygen atoms in total. The molecule has 0 aromatic carbocycles. The van der Waals surface area contributed by atoms with Crippen LogP contribution in [-0.4, -0.2) is 27.4 Å². The summed E-state index contributed by atoms with van der Waals surface area (Å²) < 4.78 is 0. The van der Waals surface area contributed by atoms with Crippen molar-refractivity contribution in [2.24, 2.45) is 28.6 Å². The highest BCUT2D eigenvalue weighted by Crippen LogP contribution is 2.66. The molecule has 4 heteroatoms. The maximum atomic E-state index is 12.2. The molecule has 0 spiro atoms. The molecule has 6 atom stereocenters. The molecular weight excluding hydrogens is 316 g/mol. The van der Waals surface area contributed by atoms with Gasteiger partial charge >= 0.3 is 0 Å². The van der Waals surface area contributed by atoms with Gasteiger partial charge in [-0.2, -0.15) is 0 Å². The van der Waals surface area contributed by atoms with Gasteiger partial charge in [-0.3, -0.25) is 9.59 Å². The number of carbonyl (C=O) groups is 2. The van der Waals surface area contributed by atoms with Crippen molar-refractivity contribution in [3.63, 3.8) is 0 Å². The first-order valence-corrected chi connectivity index (χ1v) is 9.23. The molecule has 4 aliphatic rings. The lowest BCUT2D eigenvalue weighted by molar-refractivity contribution is -0.156. The van der Waals surface area contributed by atoms with Crippen molar-refractivity contribution in [2.45, 2.75) is 52.1 Å². The van der Waals surface area contributed by atoms with Gasteiger partial charge in [-0.25, -0.2) is 0 Å². The van der Waals surface area contributed by atoms with E-state index in [4.69, 9.17) is 0 Å². The summed E-state index contributed by atoms with van der Waals surface area (Å²) in [5.74, 6) is 0.488. The molecular formula is C21H26O4. The Morgan fingerprint density at radius 3 is 2.56 bits per heavy atom. The topological polar surface area (TPSA) is 74.6 Å². The predicted molar refractivity (Wildman–Crippen MR) is 93.7 cm³/mol. The van der Waals surface area contributed by atoms with Crippen molar-refractivity contribution in [1.82, 2.24) is 0 Å². The number of carbonyl (C=O) groups excluding carboxylic acids is 2. The fraction of sp³-hybridized carbons (Fsp3) is 0.619. The van der Waals surface area contributed by atoms with Crippen LogP contribution in [0, 0.1) is 28.6 Å². The minimum absolute atomic E-state index is 0.0849. The zero-order chi connectivity index (χ0) is 18.2. The van der Waals surface area contributed by atoms with Crippen molar-refractivity contribution in [3.05, 3.63) is 35.6 Å². The minimum atomic E-state index is -1.26. The minimum Gasteiger partial charge on any atom is -0.508 e. The summed E-state index contributed by atoms with van der Waals surface area (Å²) >= 11 is 0. The van der Waals surface area contributed by atoms with Crippen LogP contribution in [-0.2, 0) is 9.59 Å². The summed E-state index contributed by atoms with van der Waals surface area (Å²) in [6, 6.07) is 0. The zero-order valence-electron chi connectivity index (χ0n) is 15.1. The molecule has 4 aliphatic carbocycles. The van der Waals surface area contributed by atoms with Gasteiger partial charge < -0.3 is 10.2 Å². The first-order valence-electron chi connectivity index (χ1n) is 9.23. The van der Waals surface area contributed by atoms with Crippen molar-refractivity contribution in [3.8, 4) is 0 Å². The Kier molecular flexibility index (Phi) is 3.31. The summed E-state index contributed by atoms with van der Waals surface area (Å²) in [5.41, 5.74) is -1.37. The molecule has 2 fully saturated rings. The standard InChI is InChI=1S/C21H26O4/c1-12(22)21(25)9-6-16-14-11-18(24)17-10-13(23)4-7-19(17,2)15(14)5-8-20(16,21)3/h4,7,10-11,14-16,24-25H,5-6,8-9H2,1-3H3/t14-,15+,16+,19-,20+,21+/m1/s1. The van der Waals surface area contributed by atoms with Crippen LogP contribution in [0.4, 0.5) is 0 Å². The van der Waals surface area contributed by atoms with Gasteiger partial charge in [0.25, 0.3) is 0 Å². The molecule has 0 aliphatic heterocycles. The maximum absolute atomic E-state index is 12.2. The summed E-state index contributed by atoms with van der Waals surface area (Å²) in [6.07, 6.45) is 9.92. The van der Waals surface area contributed by atoms with Crippen LogP contribution in [0.15, 0.2) is 35.6 Å². The number of aliphatic hydroxyl groups is 2. The molecule has 0 aromatic heterocycles. The molecule has 0 saturated heterocycles. The third-order valence-electron chi connectivity index (χ3n) is 7.92. The SMILES string of the molecule is CC(=O)[C@@]1(O)CC[C@H]2[C@@H]3C=C(O)C4=CC(=O)C=C[C@]4(C)[C@H]3CC[C@@]21C. The zero-order valence-corrected chi connectivity index (χ0v) is 15.1. The Morgan fingerprint density at radius 1 is 1.20 bits per heavy atom. The van der Waals surface area contributed by atoms with E-state index in [1.54, 1.807) is 12.2 Å². The summed E-state index contributed by atoms with van der Waals surface area (Å²) in [7, 11) is 0. The van der Waals surface area contributed by atoms with Gasteiger partial charge in [-0.05, 0) is 68.6 Å². The summed E-state index contributed by atoms with van der Waals surface area (Å²) in [6.45, 7) is 5.63. The molecule has 2 saturated carbocycles. The number of Topliss-reactive ketones (excluding diaryl/α,β-unsaturated/α-hetero) is 1. The van der Waals surface area contributed by atoms with Crippen LogP contribution in [0.5, 0.6) is 0 Å². The normalized spacial score (nSPS) is 48.2. The largest absolute Gasteiger partial charge is 0.508 e. The molecule has 0 unspecified atom stereocenters. The Labute approximate surface area is 148 Å². The second-order valence-electron chi connectivity index (χ2n) is 8.83. The Morgan fingerprint density at radius 2 is 1.88 bits per heavy atom. The van der Waals surface area contributed by atoms with Crippen LogP contribution < -0.4 is 0 Å². The Hall–Kier alpha value is -1.68. The third-order valence-corrected chi connectivity index (χ3v) is 7.92. The van der Waals surface area contributed by atoms with E-state index in [1.165, 1.54) is 6.92 Å². The lowest BCUT2D eigenvalue weighted by Gasteiger charge is -2.56. The second-order valence-corrected chi connectivity index (χ2v) is 8.83. The number of allylic oxidation sites excluding steroid dienone is 5. The molecule has 0 bridgehead atoms. The molecule has 0 amide bonds. The quantitative estimate of drug-likeness (QED) is 0.767. The number of hydrogen-bond donors (Lipinski definition) is 2. The van der Waals surface area contributed by atoms with E-state index in [-0.39, 0.29) is 40.5 Å². The number of fused-ring (bicyclic) bond motifs is 5. The van der Waals surface area contributed by atoms with Gasteiger partial charge in [0.2, 0.25) is 0 Å². The van der Waals surface area contributed by atoms with Crippen LogP contribution in [0.25, 0.3) is 0 Å². The van der Waals surface area contributed by atoms with E-state index in [9.17, 15) is 19.8 Å². The maximum Gasteiger partial charge on any atom is 0.178 e. The molecule has 25 heavy (non-hydrogen) atoms. The van der Waals surface area contributed by atoms with Crippen LogP contribution in [0.3, 0.4) is 0 Å². The lowest BCUT2D eigenvalue weighted by atomic mass is 9.48. The van der Waals surface area contributed by atoms with Crippen molar-refractivity contribution in [1.29, 1.82) is 0 Å². The van der Waals surface area contributed by atoms with Gasteiger partial charge in [-0.15, -0.1) is 0 Å².